The van der Waals surface area contributed by atoms with Gasteiger partial charge in [-0.3, -0.25) is 0 Å². The number of fused-ring (bicyclic) bond motifs is 1. The Morgan fingerprint density at radius 3 is 2.62 bits per heavy atom. The van der Waals surface area contributed by atoms with Crippen LogP contribution in [0.3, 0.4) is 0 Å². The zero-order valence-corrected chi connectivity index (χ0v) is 14.6. The van der Waals surface area contributed by atoms with Crippen molar-refractivity contribution in [3.63, 3.8) is 0 Å². The number of amides is 2. The van der Waals surface area contributed by atoms with E-state index in [1.807, 2.05) is 0 Å². The Labute approximate surface area is 152 Å². The number of carbonyl (C=O) groups excluding carboxylic acids is 1. The van der Waals surface area contributed by atoms with E-state index in [9.17, 15) is 9.18 Å². The summed E-state index contributed by atoms with van der Waals surface area (Å²) in [5.74, 6) is 0.642. The molecule has 2 aromatic rings. The zero-order chi connectivity index (χ0) is 17.9. The predicted octanol–water partition coefficient (Wildman–Crippen LogP) is 2.14. The molecule has 2 amide bonds. The van der Waals surface area contributed by atoms with E-state index in [-0.39, 0.29) is 11.8 Å². The van der Waals surface area contributed by atoms with E-state index in [4.69, 9.17) is 0 Å². The molecule has 1 fully saturated rings. The summed E-state index contributed by atoms with van der Waals surface area (Å²) in [5, 5.41) is 11.6. The molecule has 1 saturated heterocycles. The molecule has 7 heteroatoms. The quantitative estimate of drug-likeness (QED) is 0.916. The topological polar surface area (TPSA) is 61.4 Å². The monoisotopic (exact) mass is 355 g/mol. The van der Waals surface area contributed by atoms with Crippen molar-refractivity contribution in [3.05, 3.63) is 53.0 Å². The standard InChI is InChI=1S/C19H22FN5O/c20-16-6-4-14(5-7-16)13-21-19(26)25-10-8-24(9-11-25)18-12-15-2-1-3-17(15)22-23-18/h4-7,12H,1-3,8-11,13H2,(H,21,26). The number of nitrogens with one attached hydrogen (secondary N) is 1. The van der Waals surface area contributed by atoms with Crippen LogP contribution in [-0.4, -0.2) is 47.3 Å². The molecule has 4 rings (SSSR count). The lowest BCUT2D eigenvalue weighted by Gasteiger charge is -2.35. The third-order valence-electron chi connectivity index (χ3n) is 5.05. The lowest BCUT2D eigenvalue weighted by Crippen LogP contribution is -2.52. The predicted molar refractivity (Wildman–Crippen MR) is 96.5 cm³/mol. The molecule has 1 aliphatic carbocycles. The number of aryl methyl sites for hydroxylation is 2. The van der Waals surface area contributed by atoms with Crippen LogP contribution in [0.4, 0.5) is 15.0 Å². The van der Waals surface area contributed by atoms with Crippen LogP contribution in [0.25, 0.3) is 0 Å². The number of halogens is 1. The van der Waals surface area contributed by atoms with Crippen LogP contribution in [0.15, 0.2) is 30.3 Å². The van der Waals surface area contributed by atoms with Gasteiger partial charge in [0.2, 0.25) is 0 Å². The van der Waals surface area contributed by atoms with Crippen LogP contribution in [0.2, 0.25) is 0 Å². The van der Waals surface area contributed by atoms with Crippen LogP contribution in [-0.2, 0) is 19.4 Å². The van der Waals surface area contributed by atoms with Crippen molar-refractivity contribution >= 4 is 11.8 Å². The van der Waals surface area contributed by atoms with Gasteiger partial charge in [-0.25, -0.2) is 9.18 Å². The van der Waals surface area contributed by atoms with Crippen molar-refractivity contribution < 1.29 is 9.18 Å². The van der Waals surface area contributed by atoms with E-state index in [0.29, 0.717) is 19.6 Å². The highest BCUT2D eigenvalue weighted by Crippen LogP contribution is 2.23. The maximum absolute atomic E-state index is 12.9. The van der Waals surface area contributed by atoms with Gasteiger partial charge >= 0.3 is 6.03 Å². The van der Waals surface area contributed by atoms with Crippen molar-refractivity contribution in [2.24, 2.45) is 0 Å². The molecule has 1 aliphatic heterocycles. The summed E-state index contributed by atoms with van der Waals surface area (Å²) in [6.45, 7) is 3.19. The average molecular weight is 355 g/mol. The van der Waals surface area contributed by atoms with Crippen molar-refractivity contribution in [1.29, 1.82) is 0 Å². The Bertz CT molecular complexity index is 787. The van der Waals surface area contributed by atoms with Gasteiger partial charge in [-0.05, 0) is 48.6 Å². The Morgan fingerprint density at radius 2 is 1.85 bits per heavy atom. The van der Waals surface area contributed by atoms with Gasteiger partial charge < -0.3 is 15.1 Å². The third-order valence-corrected chi connectivity index (χ3v) is 5.05. The summed E-state index contributed by atoms with van der Waals surface area (Å²) < 4.78 is 12.9. The van der Waals surface area contributed by atoms with Gasteiger partial charge in [-0.1, -0.05) is 12.1 Å². The van der Waals surface area contributed by atoms with E-state index < -0.39 is 0 Å². The first-order valence-electron chi connectivity index (χ1n) is 9.07. The van der Waals surface area contributed by atoms with Crippen molar-refractivity contribution in [2.45, 2.75) is 25.8 Å². The molecule has 0 atom stereocenters. The Balaban J connectivity index is 1.29. The SMILES string of the molecule is O=C(NCc1ccc(F)cc1)N1CCN(c2cc3c(nn2)CCC3)CC1. The molecule has 0 saturated carbocycles. The lowest BCUT2D eigenvalue weighted by atomic mass is 10.2. The minimum Gasteiger partial charge on any atom is -0.352 e. The molecule has 2 heterocycles. The largest absolute Gasteiger partial charge is 0.352 e. The maximum Gasteiger partial charge on any atom is 0.317 e. The van der Waals surface area contributed by atoms with E-state index in [0.717, 1.165) is 49.4 Å². The second kappa shape index (κ2) is 7.27. The van der Waals surface area contributed by atoms with Crippen molar-refractivity contribution in [3.8, 4) is 0 Å². The number of carbonyl (C=O) groups is 1. The van der Waals surface area contributed by atoms with Crippen LogP contribution < -0.4 is 10.2 Å². The lowest BCUT2D eigenvalue weighted by molar-refractivity contribution is 0.194. The molecule has 1 aromatic carbocycles. The molecular formula is C19H22FN5O. The number of hydrogen-bond donors (Lipinski definition) is 1. The number of nitrogens with zero attached hydrogens (tertiary/aromatic N) is 4. The number of benzene rings is 1. The van der Waals surface area contributed by atoms with Crippen LogP contribution in [0.1, 0.15) is 23.2 Å². The third kappa shape index (κ3) is 3.61. The van der Waals surface area contributed by atoms with Crippen LogP contribution >= 0.6 is 0 Å². The summed E-state index contributed by atoms with van der Waals surface area (Å²) in [4.78, 5) is 16.3. The normalized spacial score (nSPS) is 16.5. The van der Waals surface area contributed by atoms with Gasteiger partial charge in [0.15, 0.2) is 5.82 Å². The van der Waals surface area contributed by atoms with Gasteiger partial charge in [-0.15, -0.1) is 5.10 Å². The number of piperazine rings is 1. The van der Waals surface area contributed by atoms with Crippen molar-refractivity contribution in [2.75, 3.05) is 31.1 Å². The van der Waals surface area contributed by atoms with Gasteiger partial charge in [0.25, 0.3) is 0 Å². The Hall–Kier alpha value is -2.70. The molecular weight excluding hydrogens is 333 g/mol. The van der Waals surface area contributed by atoms with E-state index >= 15 is 0 Å². The maximum atomic E-state index is 12.9. The number of anilines is 1. The molecule has 0 spiro atoms. The number of aromatic nitrogens is 2. The molecule has 0 radical (unpaired) electrons. The Kier molecular flexibility index (Phi) is 4.69. The van der Waals surface area contributed by atoms with Gasteiger partial charge in [-0.2, -0.15) is 5.10 Å². The van der Waals surface area contributed by atoms with E-state index in [1.165, 1.54) is 17.7 Å². The summed E-state index contributed by atoms with van der Waals surface area (Å²) in [5.41, 5.74) is 3.33. The van der Waals surface area contributed by atoms with Gasteiger partial charge in [0, 0.05) is 32.7 Å². The summed E-state index contributed by atoms with van der Waals surface area (Å²) in [6, 6.07) is 8.23. The van der Waals surface area contributed by atoms with Crippen LogP contribution in [0.5, 0.6) is 0 Å². The summed E-state index contributed by atoms with van der Waals surface area (Å²) in [7, 11) is 0. The first-order chi connectivity index (χ1) is 12.7. The van der Waals surface area contributed by atoms with E-state index in [2.05, 4.69) is 26.5 Å². The fourth-order valence-corrected chi connectivity index (χ4v) is 3.50. The fraction of sp³-hybridized carbons (Fsp3) is 0.421. The van der Waals surface area contributed by atoms with Gasteiger partial charge in [0.1, 0.15) is 5.82 Å². The first-order valence-corrected chi connectivity index (χ1v) is 9.07. The molecule has 136 valence electrons. The number of hydrogen-bond acceptors (Lipinski definition) is 4. The minimum absolute atomic E-state index is 0.0889. The van der Waals surface area contributed by atoms with E-state index in [1.54, 1.807) is 17.0 Å². The molecule has 2 aliphatic rings. The van der Waals surface area contributed by atoms with Gasteiger partial charge in [0.05, 0.1) is 5.69 Å². The smallest absolute Gasteiger partial charge is 0.317 e. The van der Waals surface area contributed by atoms with Crippen LogP contribution in [0, 0.1) is 5.82 Å². The highest BCUT2D eigenvalue weighted by molar-refractivity contribution is 5.74. The second-order valence-corrected chi connectivity index (χ2v) is 6.79. The van der Waals surface area contributed by atoms with Crippen molar-refractivity contribution in [1.82, 2.24) is 20.4 Å². The number of urea groups is 1. The first kappa shape index (κ1) is 16.8. The summed E-state index contributed by atoms with van der Waals surface area (Å²) in [6.07, 6.45) is 3.28. The molecule has 1 aromatic heterocycles. The number of rotatable bonds is 3. The average Bonchev–Trinajstić information content (AvgIpc) is 3.15. The molecule has 1 N–H and O–H groups in total. The minimum atomic E-state index is -0.272. The highest BCUT2D eigenvalue weighted by Gasteiger charge is 2.23. The fourth-order valence-electron chi connectivity index (χ4n) is 3.50. The second-order valence-electron chi connectivity index (χ2n) is 6.79. The Morgan fingerprint density at radius 1 is 1.08 bits per heavy atom. The molecule has 0 bridgehead atoms. The highest BCUT2D eigenvalue weighted by atomic mass is 19.1. The summed E-state index contributed by atoms with van der Waals surface area (Å²) >= 11 is 0. The molecule has 0 unspecified atom stereocenters. The molecule has 26 heavy (non-hydrogen) atoms. The zero-order valence-electron chi connectivity index (χ0n) is 14.6. The molecule has 6 nitrogen and oxygen atoms in total.